The second kappa shape index (κ2) is 12.6. The van der Waals surface area contributed by atoms with E-state index in [0.29, 0.717) is 12.2 Å². The zero-order valence-electron chi connectivity index (χ0n) is 19.3. The Morgan fingerprint density at radius 2 is 1.91 bits per heavy atom. The molecule has 8 heteroatoms. The Balaban J connectivity index is 0.00000187. The molecule has 33 heavy (non-hydrogen) atoms. The Morgan fingerprint density at radius 3 is 2.55 bits per heavy atom. The third-order valence-corrected chi connectivity index (χ3v) is 5.71. The van der Waals surface area contributed by atoms with Crippen LogP contribution in [0.2, 0.25) is 0 Å². The smallest absolute Gasteiger partial charge is 0.262 e. The van der Waals surface area contributed by atoms with Gasteiger partial charge in [0.2, 0.25) is 0 Å². The molecule has 0 unspecified atom stereocenters. The van der Waals surface area contributed by atoms with Crippen LogP contribution >= 0.6 is 11.3 Å². The highest BCUT2D eigenvalue weighted by Crippen LogP contribution is 2.35. The number of nitrogens with zero attached hydrogens (tertiary/aromatic N) is 2. The van der Waals surface area contributed by atoms with Crippen molar-refractivity contribution in [2.75, 3.05) is 0 Å². The Morgan fingerprint density at radius 1 is 1.21 bits per heavy atom. The number of hydrogen-bond acceptors (Lipinski definition) is 5. The predicted octanol–water partition coefficient (Wildman–Crippen LogP) is 6.87. The molecule has 0 fully saturated rings. The van der Waals surface area contributed by atoms with E-state index >= 15 is 0 Å². The summed E-state index contributed by atoms with van der Waals surface area (Å²) in [4.78, 5) is 23.9. The maximum Gasteiger partial charge on any atom is 0.262 e. The lowest BCUT2D eigenvalue weighted by Gasteiger charge is -2.06. The standard InChI is InChI=1S/C23H21F2N3O2S.C2H6/c1-4-18(30-27-5-2)19-13-14(3)22(31-19)15-9-10-20(26-12-11-15)28-23(29)21-16(24)7-6-8-17(21)25;1-2/h4-10,12-13H,11H2,1-3H3,(H,28,29);1-2H3/b18-4-,27-5-;. The summed E-state index contributed by atoms with van der Waals surface area (Å²) in [6, 6.07) is 5.30. The molecule has 1 aromatic heterocycles. The van der Waals surface area contributed by atoms with Crippen LogP contribution in [0.5, 0.6) is 0 Å². The summed E-state index contributed by atoms with van der Waals surface area (Å²) >= 11 is 1.56. The van der Waals surface area contributed by atoms with Gasteiger partial charge in [0.25, 0.3) is 5.91 Å². The highest BCUT2D eigenvalue weighted by Gasteiger charge is 2.18. The van der Waals surface area contributed by atoms with E-state index in [1.807, 2.05) is 45.9 Å². The van der Waals surface area contributed by atoms with Crippen LogP contribution in [0.4, 0.5) is 8.78 Å². The molecule has 0 radical (unpaired) electrons. The van der Waals surface area contributed by atoms with E-state index < -0.39 is 23.1 Å². The number of thiophene rings is 1. The number of rotatable bonds is 6. The molecule has 2 heterocycles. The first-order valence-corrected chi connectivity index (χ1v) is 11.4. The topological polar surface area (TPSA) is 63.0 Å². The van der Waals surface area contributed by atoms with Gasteiger partial charge in [-0.1, -0.05) is 31.1 Å². The van der Waals surface area contributed by atoms with E-state index in [2.05, 4.69) is 15.5 Å². The van der Waals surface area contributed by atoms with Crippen LogP contribution in [0.25, 0.3) is 11.3 Å². The van der Waals surface area contributed by atoms with Crippen molar-refractivity contribution in [3.05, 3.63) is 80.8 Å². The van der Waals surface area contributed by atoms with Gasteiger partial charge < -0.3 is 10.2 Å². The zero-order valence-corrected chi connectivity index (χ0v) is 20.1. The molecule has 174 valence electrons. The number of amides is 1. The Kier molecular flexibility index (Phi) is 9.87. The molecule has 0 aliphatic carbocycles. The summed E-state index contributed by atoms with van der Waals surface area (Å²) in [5.41, 5.74) is 1.42. The van der Waals surface area contributed by atoms with Crippen molar-refractivity contribution in [2.24, 2.45) is 10.1 Å². The number of allylic oxidation sites excluding steroid dienone is 4. The van der Waals surface area contributed by atoms with Crippen molar-refractivity contribution in [2.45, 2.75) is 41.0 Å². The fourth-order valence-corrected chi connectivity index (χ4v) is 4.15. The third-order valence-electron chi connectivity index (χ3n) is 4.39. The molecule has 0 saturated heterocycles. The van der Waals surface area contributed by atoms with Gasteiger partial charge in [0.1, 0.15) is 23.0 Å². The molecule has 3 rings (SSSR count). The van der Waals surface area contributed by atoms with Gasteiger partial charge >= 0.3 is 0 Å². The fraction of sp³-hybridized carbons (Fsp3) is 0.240. The van der Waals surface area contributed by atoms with Crippen molar-refractivity contribution in [3.63, 3.8) is 0 Å². The van der Waals surface area contributed by atoms with Gasteiger partial charge in [-0.15, -0.1) is 11.3 Å². The van der Waals surface area contributed by atoms with E-state index in [0.717, 1.165) is 33.0 Å². The number of nitrogens with one attached hydrogen (secondary N) is 1. The second-order valence-corrected chi connectivity index (χ2v) is 7.59. The highest BCUT2D eigenvalue weighted by molar-refractivity contribution is 7.14. The molecule has 2 aromatic rings. The molecule has 5 nitrogen and oxygen atoms in total. The SMILES string of the molecule is C/C=N\O/C(=C\C)c1cc(C)c(C2=CC=C(NC(=O)c3c(F)cccc3F)N=CC2)s1.CC. The average molecular weight is 472 g/mol. The van der Waals surface area contributed by atoms with Crippen LogP contribution in [0, 0.1) is 18.6 Å². The van der Waals surface area contributed by atoms with E-state index in [4.69, 9.17) is 4.84 Å². The molecule has 1 aromatic carbocycles. The lowest BCUT2D eigenvalue weighted by molar-refractivity contribution is 0.0957. The predicted molar refractivity (Wildman–Crippen MR) is 132 cm³/mol. The number of halogens is 2. The highest BCUT2D eigenvalue weighted by atomic mass is 32.1. The van der Waals surface area contributed by atoms with Crippen molar-refractivity contribution in [1.82, 2.24) is 5.32 Å². The number of aryl methyl sites for hydroxylation is 1. The molecule has 1 aliphatic heterocycles. The lowest BCUT2D eigenvalue weighted by Crippen LogP contribution is -2.24. The van der Waals surface area contributed by atoms with Crippen molar-refractivity contribution in [1.29, 1.82) is 0 Å². The summed E-state index contributed by atoms with van der Waals surface area (Å²) < 4.78 is 27.7. The summed E-state index contributed by atoms with van der Waals surface area (Å²) in [7, 11) is 0. The first-order chi connectivity index (χ1) is 15.9. The van der Waals surface area contributed by atoms with E-state index in [1.54, 1.807) is 36.8 Å². The minimum Gasteiger partial charge on any atom is -0.356 e. The van der Waals surface area contributed by atoms with Crippen molar-refractivity contribution in [3.8, 4) is 0 Å². The van der Waals surface area contributed by atoms with E-state index in [1.165, 1.54) is 6.07 Å². The number of oxime groups is 1. The number of aliphatic imine (C=N–C) groups is 1. The average Bonchev–Trinajstić information content (AvgIpc) is 3.03. The summed E-state index contributed by atoms with van der Waals surface area (Å²) in [6.45, 7) is 9.65. The molecule has 0 saturated carbocycles. The minimum absolute atomic E-state index is 0.201. The number of carbonyl (C=O) groups excluding carboxylic acids is 1. The largest absolute Gasteiger partial charge is 0.356 e. The summed E-state index contributed by atoms with van der Waals surface area (Å²) in [6.07, 6.45) is 9.05. The number of benzene rings is 1. The number of carbonyl (C=O) groups is 1. The maximum atomic E-state index is 13.8. The van der Waals surface area contributed by atoms with E-state index in [-0.39, 0.29) is 5.82 Å². The molecular formula is C25H27F2N3O2S. The second-order valence-electron chi connectivity index (χ2n) is 6.54. The maximum absolute atomic E-state index is 13.8. The zero-order chi connectivity index (χ0) is 24.4. The molecular weight excluding hydrogens is 444 g/mol. The lowest BCUT2D eigenvalue weighted by atomic mass is 10.1. The first-order valence-electron chi connectivity index (χ1n) is 10.6. The molecule has 1 aliphatic rings. The van der Waals surface area contributed by atoms with Crippen LogP contribution in [0.3, 0.4) is 0 Å². The van der Waals surface area contributed by atoms with Gasteiger partial charge in [0.05, 0.1) is 4.88 Å². The molecule has 1 N–H and O–H groups in total. The monoisotopic (exact) mass is 471 g/mol. The Hall–Kier alpha value is -3.39. The van der Waals surface area contributed by atoms with Crippen molar-refractivity contribution < 1.29 is 18.4 Å². The molecule has 1 amide bonds. The quantitative estimate of drug-likeness (QED) is 0.284. The third kappa shape index (κ3) is 6.55. The van der Waals surface area contributed by atoms with Crippen LogP contribution in [0.15, 0.2) is 58.5 Å². The minimum atomic E-state index is -0.928. The molecule has 0 atom stereocenters. The van der Waals surface area contributed by atoms with Gasteiger partial charge in [0, 0.05) is 23.7 Å². The van der Waals surface area contributed by atoms with Crippen molar-refractivity contribution >= 4 is 41.0 Å². The van der Waals surface area contributed by atoms with E-state index in [9.17, 15) is 13.6 Å². The molecule has 0 bridgehead atoms. The number of hydrogen-bond donors (Lipinski definition) is 1. The Bertz CT molecular complexity index is 1120. The van der Waals surface area contributed by atoms with Crippen LogP contribution in [-0.4, -0.2) is 18.3 Å². The first kappa shape index (κ1) is 25.9. The Labute approximate surface area is 196 Å². The van der Waals surface area contributed by atoms with Gasteiger partial charge in [-0.2, -0.15) is 0 Å². The van der Waals surface area contributed by atoms with Gasteiger partial charge in [-0.05, 0) is 62.3 Å². The normalized spacial score (nSPS) is 13.6. The van der Waals surface area contributed by atoms with Gasteiger partial charge in [-0.3, -0.25) is 4.79 Å². The molecule has 0 spiro atoms. The fourth-order valence-electron chi connectivity index (χ4n) is 2.94. The van der Waals surface area contributed by atoms with Gasteiger partial charge in [0.15, 0.2) is 5.76 Å². The summed E-state index contributed by atoms with van der Waals surface area (Å²) in [5.74, 6) is -1.88. The van der Waals surface area contributed by atoms with Gasteiger partial charge in [-0.25, -0.2) is 13.8 Å². The van der Waals surface area contributed by atoms with Crippen LogP contribution in [-0.2, 0) is 4.84 Å². The summed E-state index contributed by atoms with van der Waals surface area (Å²) in [5, 5.41) is 6.29. The van der Waals surface area contributed by atoms with Crippen LogP contribution in [0.1, 0.15) is 59.8 Å². The van der Waals surface area contributed by atoms with Crippen LogP contribution < -0.4 is 5.32 Å².